The first-order valence-electron chi connectivity index (χ1n) is 8.60. The van der Waals surface area contributed by atoms with E-state index in [9.17, 15) is 0 Å². The van der Waals surface area contributed by atoms with Gasteiger partial charge >= 0.3 is 0 Å². The third kappa shape index (κ3) is 5.22. The van der Waals surface area contributed by atoms with Gasteiger partial charge in [-0.25, -0.2) is 0 Å². The maximum atomic E-state index is 6.09. The summed E-state index contributed by atoms with van der Waals surface area (Å²) in [6, 6.07) is 15.7. The molecule has 0 radical (unpaired) electrons. The number of nitrogens with zero attached hydrogens (tertiary/aromatic N) is 2. The molecule has 0 spiro atoms. The molecule has 0 unspecified atom stereocenters. The number of aromatic nitrogens is 2. The molecular formula is C20H20Cl2N4S. The molecule has 0 fully saturated rings. The highest BCUT2D eigenvalue weighted by atomic mass is 35.5. The van der Waals surface area contributed by atoms with Crippen molar-refractivity contribution in [3.63, 3.8) is 0 Å². The van der Waals surface area contributed by atoms with Crippen molar-refractivity contribution in [2.45, 2.75) is 26.8 Å². The van der Waals surface area contributed by atoms with Crippen molar-refractivity contribution >= 4 is 52.0 Å². The van der Waals surface area contributed by atoms with Crippen LogP contribution < -0.4 is 10.6 Å². The van der Waals surface area contributed by atoms with E-state index in [4.69, 9.17) is 35.4 Å². The van der Waals surface area contributed by atoms with Gasteiger partial charge in [-0.15, -0.1) is 0 Å². The number of aryl methyl sites for hydroxylation is 2. The first-order chi connectivity index (χ1) is 12.9. The fraction of sp³-hybridized carbons (Fsp3) is 0.200. The molecule has 27 heavy (non-hydrogen) atoms. The minimum Gasteiger partial charge on any atom is -0.332 e. The molecule has 0 bridgehead atoms. The number of thiocarbonyl (C=S) groups is 1. The van der Waals surface area contributed by atoms with Crippen molar-refractivity contribution in [3.05, 3.63) is 75.4 Å². The number of benzene rings is 2. The van der Waals surface area contributed by atoms with Gasteiger partial charge in [0.1, 0.15) is 0 Å². The summed E-state index contributed by atoms with van der Waals surface area (Å²) in [6.07, 6.45) is 1.01. The first kappa shape index (κ1) is 19.7. The molecule has 0 aliphatic carbocycles. The Morgan fingerprint density at radius 2 is 1.70 bits per heavy atom. The van der Waals surface area contributed by atoms with Gasteiger partial charge in [-0.2, -0.15) is 5.10 Å². The highest BCUT2D eigenvalue weighted by molar-refractivity contribution is 7.80. The molecular weight excluding hydrogens is 399 g/mol. The Morgan fingerprint density at radius 3 is 2.37 bits per heavy atom. The molecule has 140 valence electrons. The van der Waals surface area contributed by atoms with Crippen molar-refractivity contribution in [2.24, 2.45) is 0 Å². The van der Waals surface area contributed by atoms with Gasteiger partial charge in [0.25, 0.3) is 0 Å². The minimum absolute atomic E-state index is 0.499. The highest BCUT2D eigenvalue weighted by Gasteiger charge is 2.08. The second-order valence-electron chi connectivity index (χ2n) is 6.21. The lowest BCUT2D eigenvalue weighted by molar-refractivity contribution is 0.668. The Balaban J connectivity index is 1.64. The molecule has 0 atom stereocenters. The minimum atomic E-state index is 0.499. The van der Waals surface area contributed by atoms with Crippen LogP contribution in [0, 0.1) is 6.92 Å². The molecule has 0 aliphatic heterocycles. The van der Waals surface area contributed by atoms with E-state index in [1.165, 1.54) is 5.56 Å². The maximum Gasteiger partial charge on any atom is 0.176 e. The third-order valence-corrected chi connectivity index (χ3v) is 5.10. The fourth-order valence-electron chi connectivity index (χ4n) is 2.64. The maximum absolute atomic E-state index is 6.09. The molecule has 7 heteroatoms. The normalized spacial score (nSPS) is 10.7. The molecule has 3 aromatic rings. The number of hydrogen-bond donors (Lipinski definition) is 2. The van der Waals surface area contributed by atoms with Gasteiger partial charge in [0.2, 0.25) is 0 Å². The van der Waals surface area contributed by atoms with Crippen molar-refractivity contribution in [1.82, 2.24) is 9.78 Å². The summed E-state index contributed by atoms with van der Waals surface area (Å²) in [5, 5.41) is 12.5. The summed E-state index contributed by atoms with van der Waals surface area (Å²) < 4.78 is 1.89. The Bertz CT molecular complexity index is 951. The largest absolute Gasteiger partial charge is 0.332 e. The van der Waals surface area contributed by atoms with Crippen LogP contribution in [0.25, 0.3) is 0 Å². The van der Waals surface area contributed by atoms with Gasteiger partial charge in [0.05, 0.1) is 16.6 Å². The van der Waals surface area contributed by atoms with Crippen molar-refractivity contribution in [2.75, 3.05) is 10.6 Å². The quantitative estimate of drug-likeness (QED) is 0.504. The highest BCUT2D eigenvalue weighted by Crippen LogP contribution is 2.23. The summed E-state index contributed by atoms with van der Waals surface area (Å²) in [6.45, 7) is 4.73. The SMILES string of the molecule is CCc1ccc(NC(=S)Nc2cc(C)n(Cc3ccc(Cl)c(Cl)c3)n2)cc1. The molecule has 1 heterocycles. The lowest BCUT2D eigenvalue weighted by Gasteiger charge is -2.09. The van der Waals surface area contributed by atoms with Gasteiger partial charge in [-0.1, -0.05) is 48.3 Å². The molecule has 0 amide bonds. The number of rotatable bonds is 5. The van der Waals surface area contributed by atoms with E-state index in [1.807, 2.05) is 41.9 Å². The predicted octanol–water partition coefficient (Wildman–Crippen LogP) is 5.92. The van der Waals surface area contributed by atoms with E-state index in [0.717, 1.165) is 23.4 Å². The second kappa shape index (κ2) is 8.74. The van der Waals surface area contributed by atoms with E-state index in [1.54, 1.807) is 6.07 Å². The number of halogens is 2. The lowest BCUT2D eigenvalue weighted by Crippen LogP contribution is -2.19. The molecule has 1 aromatic heterocycles. The van der Waals surface area contributed by atoms with Crippen molar-refractivity contribution in [1.29, 1.82) is 0 Å². The van der Waals surface area contributed by atoms with E-state index in [0.29, 0.717) is 27.5 Å². The first-order valence-corrected chi connectivity index (χ1v) is 9.76. The van der Waals surface area contributed by atoms with Crippen LogP contribution in [0.15, 0.2) is 48.5 Å². The van der Waals surface area contributed by atoms with Gasteiger partial charge < -0.3 is 10.6 Å². The number of nitrogens with one attached hydrogen (secondary N) is 2. The Morgan fingerprint density at radius 1 is 1.00 bits per heavy atom. The van der Waals surface area contributed by atoms with Crippen LogP contribution in [0.4, 0.5) is 11.5 Å². The average Bonchev–Trinajstić information content (AvgIpc) is 2.97. The molecule has 2 N–H and O–H groups in total. The van der Waals surface area contributed by atoms with Crippen LogP contribution in [-0.2, 0) is 13.0 Å². The smallest absolute Gasteiger partial charge is 0.176 e. The fourth-order valence-corrected chi connectivity index (χ4v) is 3.19. The van der Waals surface area contributed by atoms with Gasteiger partial charge in [0, 0.05) is 17.4 Å². The zero-order valence-electron chi connectivity index (χ0n) is 15.1. The second-order valence-corrected chi connectivity index (χ2v) is 7.43. The predicted molar refractivity (Wildman–Crippen MR) is 118 cm³/mol. The summed E-state index contributed by atoms with van der Waals surface area (Å²) in [5.74, 6) is 0.690. The molecule has 0 saturated carbocycles. The summed E-state index contributed by atoms with van der Waals surface area (Å²) >= 11 is 17.5. The molecule has 0 aliphatic rings. The van der Waals surface area contributed by atoms with Crippen LogP contribution >= 0.6 is 35.4 Å². The van der Waals surface area contributed by atoms with Crippen LogP contribution in [-0.4, -0.2) is 14.9 Å². The Labute approximate surface area is 174 Å². The topological polar surface area (TPSA) is 41.9 Å². The van der Waals surface area contributed by atoms with Crippen LogP contribution in [0.2, 0.25) is 10.0 Å². The van der Waals surface area contributed by atoms with E-state index >= 15 is 0 Å². The van der Waals surface area contributed by atoms with Crippen LogP contribution in [0.1, 0.15) is 23.7 Å². The zero-order chi connectivity index (χ0) is 19.4. The van der Waals surface area contributed by atoms with E-state index in [-0.39, 0.29) is 0 Å². The van der Waals surface area contributed by atoms with Crippen LogP contribution in [0.3, 0.4) is 0 Å². The lowest BCUT2D eigenvalue weighted by atomic mass is 10.1. The Hall–Kier alpha value is -2.08. The summed E-state index contributed by atoms with van der Waals surface area (Å²) in [5.41, 5.74) is 4.27. The molecule has 3 rings (SSSR count). The average molecular weight is 419 g/mol. The zero-order valence-corrected chi connectivity index (χ0v) is 17.4. The van der Waals surface area contributed by atoms with Crippen molar-refractivity contribution in [3.8, 4) is 0 Å². The van der Waals surface area contributed by atoms with E-state index in [2.05, 4.69) is 34.8 Å². The monoisotopic (exact) mass is 418 g/mol. The van der Waals surface area contributed by atoms with E-state index < -0.39 is 0 Å². The molecule has 2 aromatic carbocycles. The number of hydrogen-bond acceptors (Lipinski definition) is 2. The number of anilines is 2. The molecule has 0 saturated heterocycles. The van der Waals surface area contributed by atoms with Gasteiger partial charge in [-0.05, 0) is 61.0 Å². The van der Waals surface area contributed by atoms with Crippen LogP contribution in [0.5, 0.6) is 0 Å². The Kier molecular flexibility index (Phi) is 6.37. The summed E-state index contributed by atoms with van der Waals surface area (Å²) in [4.78, 5) is 0. The van der Waals surface area contributed by atoms with Gasteiger partial charge in [-0.3, -0.25) is 4.68 Å². The third-order valence-electron chi connectivity index (χ3n) is 4.16. The molecule has 4 nitrogen and oxygen atoms in total. The van der Waals surface area contributed by atoms with Crippen molar-refractivity contribution < 1.29 is 0 Å². The van der Waals surface area contributed by atoms with Gasteiger partial charge in [0.15, 0.2) is 10.9 Å². The summed E-state index contributed by atoms with van der Waals surface area (Å²) in [7, 11) is 0. The standard InChI is InChI=1S/C20H20Cl2N4S/c1-3-14-4-7-16(8-5-14)23-20(27)24-19-10-13(2)26(25-19)12-15-6-9-17(21)18(22)11-15/h4-11H,3,12H2,1-2H3,(H2,23,24,25,27).